The summed E-state index contributed by atoms with van der Waals surface area (Å²) in [7, 11) is -2.16. The number of carbonyl (C=O) groups excluding carboxylic acids is 1. The molecule has 2 aliphatic heterocycles. The molecule has 4 atom stereocenters. The highest BCUT2D eigenvalue weighted by atomic mass is 31.2. The van der Waals surface area contributed by atoms with Crippen molar-refractivity contribution in [2.45, 2.75) is 51.0 Å². The van der Waals surface area contributed by atoms with Crippen LogP contribution in [0.25, 0.3) is 11.2 Å². The number of carbonyl (C=O) groups is 1. The number of benzene rings is 1. The Labute approximate surface area is 213 Å². The van der Waals surface area contributed by atoms with Crippen LogP contribution in [0, 0.1) is 0 Å². The number of anilines is 1. The first kappa shape index (κ1) is 25.4. The molecule has 2 aliphatic rings. The SMILES string of the molecule is CCCCCOC1=[N+](OC[C@H]2O[C@@H](n3cnc4c(N)ncnc43)C[C@@H]2OP(N)O)C(=O)c2ccccc21. The summed E-state index contributed by atoms with van der Waals surface area (Å²) in [6.07, 6.45) is 4.33. The third-order valence-electron chi connectivity index (χ3n) is 6.23. The van der Waals surface area contributed by atoms with E-state index in [2.05, 4.69) is 21.9 Å². The molecule has 1 saturated heterocycles. The molecule has 1 fully saturated rings. The molecule has 1 unspecified atom stereocenters. The van der Waals surface area contributed by atoms with Crippen molar-refractivity contribution in [3.8, 4) is 0 Å². The summed E-state index contributed by atoms with van der Waals surface area (Å²) >= 11 is 0. The lowest BCUT2D eigenvalue weighted by Crippen LogP contribution is -2.33. The monoisotopic (exact) mass is 530 g/mol. The van der Waals surface area contributed by atoms with Crippen molar-refractivity contribution in [1.82, 2.24) is 19.5 Å². The predicted octanol–water partition coefficient (Wildman–Crippen LogP) is 2.01. The van der Waals surface area contributed by atoms with Gasteiger partial charge in [0.1, 0.15) is 35.3 Å². The Bertz CT molecular complexity index is 1320. The molecule has 0 aliphatic carbocycles. The molecular formula is C23H29N7O6P+. The second-order valence-electron chi connectivity index (χ2n) is 8.70. The van der Waals surface area contributed by atoms with Crippen LogP contribution < -0.4 is 11.2 Å². The van der Waals surface area contributed by atoms with Crippen LogP contribution in [0.1, 0.15) is 54.8 Å². The van der Waals surface area contributed by atoms with E-state index in [1.165, 1.54) is 6.33 Å². The first-order valence-electron chi connectivity index (χ1n) is 12.0. The summed E-state index contributed by atoms with van der Waals surface area (Å²) in [6.45, 7) is 2.51. The fraction of sp³-hybridized carbons (Fsp3) is 0.435. The molecule has 3 aromatic rings. The number of nitrogens with zero attached hydrogens (tertiary/aromatic N) is 5. The van der Waals surface area contributed by atoms with E-state index >= 15 is 0 Å². The second kappa shape index (κ2) is 11.0. The number of hydrogen-bond acceptors (Lipinski definition) is 11. The average Bonchev–Trinajstić information content (AvgIpc) is 3.56. The van der Waals surface area contributed by atoms with Crippen LogP contribution in [-0.4, -0.2) is 66.4 Å². The third kappa shape index (κ3) is 5.13. The largest absolute Gasteiger partial charge is 0.471 e. The van der Waals surface area contributed by atoms with Crippen molar-refractivity contribution in [1.29, 1.82) is 0 Å². The number of amides is 1. The summed E-state index contributed by atoms with van der Waals surface area (Å²) in [5.41, 5.74) is 13.6. The molecule has 0 radical (unpaired) electrons. The van der Waals surface area contributed by atoms with Gasteiger partial charge in [-0.25, -0.2) is 19.7 Å². The van der Waals surface area contributed by atoms with Crippen LogP contribution in [0.5, 0.6) is 0 Å². The van der Waals surface area contributed by atoms with Crippen molar-refractivity contribution >= 4 is 37.3 Å². The quantitative estimate of drug-likeness (QED) is 0.199. The third-order valence-corrected chi connectivity index (χ3v) is 6.72. The van der Waals surface area contributed by atoms with E-state index in [0.29, 0.717) is 41.2 Å². The zero-order valence-electron chi connectivity index (χ0n) is 20.3. The van der Waals surface area contributed by atoms with Gasteiger partial charge in [-0.2, -0.15) is 0 Å². The number of nitrogen functional groups attached to an aromatic ring is 1. The molecule has 4 heterocycles. The highest BCUT2D eigenvalue weighted by Crippen LogP contribution is 2.38. The van der Waals surface area contributed by atoms with Gasteiger partial charge < -0.3 is 24.6 Å². The number of ether oxygens (including phenoxy) is 2. The van der Waals surface area contributed by atoms with Gasteiger partial charge in [-0.3, -0.25) is 14.9 Å². The number of fused-ring (bicyclic) bond motifs is 2. The van der Waals surface area contributed by atoms with Gasteiger partial charge in [-0.1, -0.05) is 31.9 Å². The number of nitrogens with two attached hydrogens (primary N) is 2. The van der Waals surface area contributed by atoms with Crippen LogP contribution >= 0.6 is 8.53 Å². The molecule has 14 heteroatoms. The Morgan fingerprint density at radius 3 is 2.84 bits per heavy atom. The molecule has 2 aromatic heterocycles. The Kier molecular flexibility index (Phi) is 7.58. The molecule has 0 saturated carbocycles. The first-order chi connectivity index (χ1) is 18.0. The predicted molar refractivity (Wildman–Crippen MR) is 133 cm³/mol. The number of unbranched alkanes of at least 4 members (excludes halogenated alkanes) is 2. The van der Waals surface area contributed by atoms with E-state index in [0.717, 1.165) is 24.0 Å². The fourth-order valence-electron chi connectivity index (χ4n) is 4.44. The second-order valence-corrected chi connectivity index (χ2v) is 9.51. The van der Waals surface area contributed by atoms with E-state index in [1.54, 1.807) is 23.0 Å². The molecule has 5 N–H and O–H groups in total. The standard InChI is InChI=1S/C23H28N7O6P/c1-2-3-6-9-33-23-15-8-5-4-7-14(15)22(31)30(23)34-11-17-16(36-37(25)32)10-18(35-17)29-13-28-19-20(24)26-12-27-21(19)29/h4-5,7-8,12-13,16-18,24,32H,2-3,6,9-11,25H2,1H3/p+1/t16-,17+,18+,37?/m0/s1. The normalized spacial score (nSPS) is 22.0. The lowest BCUT2D eigenvalue weighted by molar-refractivity contribution is -0.719. The van der Waals surface area contributed by atoms with Crippen molar-refractivity contribution in [3.63, 3.8) is 0 Å². The lowest BCUT2D eigenvalue weighted by atomic mass is 10.1. The van der Waals surface area contributed by atoms with Gasteiger partial charge in [-0.15, -0.1) is 0 Å². The maximum absolute atomic E-state index is 13.1. The minimum Gasteiger partial charge on any atom is -0.441 e. The van der Waals surface area contributed by atoms with Gasteiger partial charge in [-0.05, 0) is 18.6 Å². The fourth-order valence-corrected chi connectivity index (χ4v) is 4.94. The number of imidazole rings is 1. The van der Waals surface area contributed by atoms with E-state index in [-0.39, 0.29) is 18.3 Å². The Hall–Kier alpha value is -3.22. The maximum atomic E-state index is 13.1. The minimum absolute atomic E-state index is 0.0599. The van der Waals surface area contributed by atoms with Crippen LogP contribution in [0.4, 0.5) is 5.82 Å². The van der Waals surface area contributed by atoms with Crippen LogP contribution in [0.2, 0.25) is 0 Å². The number of hydroxylamine groups is 1. The molecular weight excluding hydrogens is 501 g/mol. The zero-order chi connectivity index (χ0) is 25.9. The Balaban J connectivity index is 1.36. The van der Waals surface area contributed by atoms with Crippen molar-refractivity contribution in [2.24, 2.45) is 5.50 Å². The van der Waals surface area contributed by atoms with E-state index in [4.69, 9.17) is 30.1 Å². The summed E-state index contributed by atoms with van der Waals surface area (Å²) in [6, 6.07) is 7.19. The number of rotatable bonds is 10. The lowest BCUT2D eigenvalue weighted by Gasteiger charge is -2.17. The summed E-state index contributed by atoms with van der Waals surface area (Å²) in [5.74, 6) is 0.272. The van der Waals surface area contributed by atoms with Crippen molar-refractivity contribution < 1.29 is 33.3 Å². The van der Waals surface area contributed by atoms with E-state index in [1.807, 2.05) is 12.1 Å². The van der Waals surface area contributed by atoms with Crippen molar-refractivity contribution in [2.75, 3.05) is 18.9 Å². The molecule has 0 spiro atoms. The van der Waals surface area contributed by atoms with Crippen molar-refractivity contribution in [3.05, 3.63) is 48.0 Å². The summed E-state index contributed by atoms with van der Waals surface area (Å²) in [4.78, 5) is 41.4. The van der Waals surface area contributed by atoms with Gasteiger partial charge in [0.2, 0.25) is 8.53 Å². The van der Waals surface area contributed by atoms with Gasteiger partial charge in [0.25, 0.3) is 0 Å². The highest BCUT2D eigenvalue weighted by molar-refractivity contribution is 7.43. The number of aromatic nitrogens is 4. The number of hydrogen-bond donors (Lipinski definition) is 3. The molecule has 1 amide bonds. The van der Waals surface area contributed by atoms with Gasteiger partial charge in [0, 0.05) is 6.42 Å². The van der Waals surface area contributed by atoms with Gasteiger partial charge in [0.15, 0.2) is 18.1 Å². The van der Waals surface area contributed by atoms with Crippen LogP contribution in [-0.2, 0) is 18.8 Å². The summed E-state index contributed by atoms with van der Waals surface area (Å²) in [5, 5.41) is 0. The Morgan fingerprint density at radius 1 is 1.24 bits per heavy atom. The molecule has 0 bridgehead atoms. The first-order valence-corrected chi connectivity index (χ1v) is 13.3. The zero-order valence-corrected chi connectivity index (χ0v) is 21.2. The topological polar surface area (TPSA) is 173 Å². The maximum Gasteiger partial charge on any atom is 0.471 e. The molecule has 5 rings (SSSR count). The minimum atomic E-state index is -2.16. The summed E-state index contributed by atoms with van der Waals surface area (Å²) < 4.78 is 20.7. The van der Waals surface area contributed by atoms with E-state index < -0.39 is 27.0 Å². The van der Waals surface area contributed by atoms with Crippen LogP contribution in [0.3, 0.4) is 0 Å². The van der Waals surface area contributed by atoms with Gasteiger partial charge >= 0.3 is 11.8 Å². The molecule has 13 nitrogen and oxygen atoms in total. The Morgan fingerprint density at radius 2 is 2.05 bits per heavy atom. The van der Waals surface area contributed by atoms with Gasteiger partial charge in [0.05, 0.1) is 23.8 Å². The molecule has 37 heavy (non-hydrogen) atoms. The average molecular weight is 531 g/mol. The van der Waals surface area contributed by atoms with E-state index in [9.17, 15) is 9.69 Å². The molecule has 196 valence electrons. The highest BCUT2D eigenvalue weighted by Gasteiger charge is 2.46. The van der Waals surface area contributed by atoms with Crippen LogP contribution in [0.15, 0.2) is 36.9 Å². The molecule has 1 aromatic carbocycles. The smallest absolute Gasteiger partial charge is 0.441 e.